The van der Waals surface area contributed by atoms with Gasteiger partial charge in [0, 0.05) is 0 Å². The van der Waals surface area contributed by atoms with E-state index >= 15 is 0 Å². The molecule has 52 valence electrons. The summed E-state index contributed by atoms with van der Waals surface area (Å²) in [4.78, 5) is 0. The van der Waals surface area contributed by atoms with Crippen LogP contribution in [0.2, 0.25) is 0 Å². The van der Waals surface area contributed by atoms with Gasteiger partial charge in [-0.1, -0.05) is 6.92 Å². The van der Waals surface area contributed by atoms with Crippen LogP contribution in [0, 0.1) is 17.2 Å². The SMILES string of the molecule is CCC(C#N)C(C)(C)O. The normalized spacial score (nSPS) is 14.6. The van der Waals surface area contributed by atoms with Crippen LogP contribution in [0.1, 0.15) is 27.2 Å². The highest BCUT2D eigenvalue weighted by molar-refractivity contribution is 4.92. The molecule has 1 unspecified atom stereocenters. The van der Waals surface area contributed by atoms with Crippen molar-refractivity contribution in [1.29, 1.82) is 5.26 Å². The second kappa shape index (κ2) is 2.84. The van der Waals surface area contributed by atoms with Crippen LogP contribution in [0.3, 0.4) is 0 Å². The molecule has 0 aliphatic carbocycles. The van der Waals surface area contributed by atoms with Gasteiger partial charge in [-0.2, -0.15) is 5.26 Å². The summed E-state index contributed by atoms with van der Waals surface area (Å²) in [7, 11) is 0. The van der Waals surface area contributed by atoms with E-state index in [0.717, 1.165) is 0 Å². The summed E-state index contributed by atoms with van der Waals surface area (Å²) in [5.74, 6) is -0.238. The Bertz CT molecular complexity index is 118. The molecule has 1 atom stereocenters. The third-order valence-electron chi connectivity index (χ3n) is 1.42. The first-order valence-electron chi connectivity index (χ1n) is 3.14. The van der Waals surface area contributed by atoms with Gasteiger partial charge in [-0.25, -0.2) is 0 Å². The quantitative estimate of drug-likeness (QED) is 0.607. The second-order valence-electron chi connectivity index (χ2n) is 2.74. The van der Waals surface area contributed by atoms with E-state index in [1.54, 1.807) is 13.8 Å². The van der Waals surface area contributed by atoms with Gasteiger partial charge >= 0.3 is 0 Å². The minimum Gasteiger partial charge on any atom is -0.389 e. The molecule has 0 bridgehead atoms. The number of rotatable bonds is 2. The first kappa shape index (κ1) is 8.45. The van der Waals surface area contributed by atoms with E-state index in [1.165, 1.54) is 0 Å². The number of aliphatic hydroxyl groups is 1. The number of hydrogen-bond donors (Lipinski definition) is 1. The zero-order valence-electron chi connectivity index (χ0n) is 6.18. The van der Waals surface area contributed by atoms with Crippen molar-refractivity contribution >= 4 is 0 Å². The van der Waals surface area contributed by atoms with Gasteiger partial charge in [-0.3, -0.25) is 0 Å². The van der Waals surface area contributed by atoms with E-state index in [2.05, 4.69) is 0 Å². The van der Waals surface area contributed by atoms with Gasteiger partial charge in [0.2, 0.25) is 0 Å². The lowest BCUT2D eigenvalue weighted by molar-refractivity contribution is 0.0386. The van der Waals surface area contributed by atoms with Crippen LogP contribution in [0.25, 0.3) is 0 Å². The molecule has 1 N–H and O–H groups in total. The molecule has 0 fully saturated rings. The van der Waals surface area contributed by atoms with E-state index in [0.29, 0.717) is 6.42 Å². The van der Waals surface area contributed by atoms with Crippen LogP contribution in [0.4, 0.5) is 0 Å². The standard InChI is InChI=1S/C7H13NO/c1-4-6(5-8)7(2,3)9/h6,9H,4H2,1-3H3. The summed E-state index contributed by atoms with van der Waals surface area (Å²) in [6.07, 6.45) is 0.708. The van der Waals surface area contributed by atoms with Crippen LogP contribution < -0.4 is 0 Å². The van der Waals surface area contributed by atoms with Gasteiger partial charge in [0.25, 0.3) is 0 Å². The molecule has 0 aliphatic heterocycles. The van der Waals surface area contributed by atoms with Crippen LogP contribution in [-0.4, -0.2) is 10.7 Å². The fourth-order valence-electron chi connectivity index (χ4n) is 0.749. The lowest BCUT2D eigenvalue weighted by atomic mass is 9.90. The second-order valence-corrected chi connectivity index (χ2v) is 2.74. The maximum Gasteiger partial charge on any atom is 0.0749 e. The minimum atomic E-state index is -0.844. The Labute approximate surface area is 56.1 Å². The summed E-state index contributed by atoms with van der Waals surface area (Å²) in [6, 6.07) is 2.04. The summed E-state index contributed by atoms with van der Waals surface area (Å²) >= 11 is 0. The highest BCUT2D eigenvalue weighted by Gasteiger charge is 2.24. The van der Waals surface area contributed by atoms with Gasteiger partial charge in [0.05, 0.1) is 17.6 Å². The Balaban J connectivity index is 4.00. The average Bonchev–Trinajstić information content (AvgIpc) is 1.65. The van der Waals surface area contributed by atoms with Gasteiger partial charge in [-0.15, -0.1) is 0 Å². The monoisotopic (exact) mass is 127 g/mol. The molecule has 2 nitrogen and oxygen atoms in total. The van der Waals surface area contributed by atoms with Gasteiger partial charge in [0.15, 0.2) is 0 Å². The molecule has 0 aromatic heterocycles. The Morgan fingerprint density at radius 1 is 1.67 bits per heavy atom. The molecule has 0 radical (unpaired) electrons. The van der Waals surface area contributed by atoms with Crippen molar-refractivity contribution in [2.45, 2.75) is 32.8 Å². The topological polar surface area (TPSA) is 44.0 Å². The lowest BCUT2D eigenvalue weighted by Gasteiger charge is -2.21. The lowest BCUT2D eigenvalue weighted by Crippen LogP contribution is -2.28. The Kier molecular flexibility index (Phi) is 2.66. The van der Waals surface area contributed by atoms with Crippen molar-refractivity contribution in [3.8, 4) is 6.07 Å². The van der Waals surface area contributed by atoms with E-state index < -0.39 is 5.60 Å². The fraction of sp³-hybridized carbons (Fsp3) is 0.857. The summed E-state index contributed by atoms with van der Waals surface area (Å²) in [6.45, 7) is 5.21. The Morgan fingerprint density at radius 2 is 2.11 bits per heavy atom. The predicted octanol–water partition coefficient (Wildman–Crippen LogP) is 1.31. The van der Waals surface area contributed by atoms with Crippen LogP contribution in [0.15, 0.2) is 0 Å². The van der Waals surface area contributed by atoms with E-state index in [-0.39, 0.29) is 5.92 Å². The third-order valence-corrected chi connectivity index (χ3v) is 1.42. The Morgan fingerprint density at radius 3 is 2.11 bits per heavy atom. The van der Waals surface area contributed by atoms with Crippen molar-refractivity contribution in [1.82, 2.24) is 0 Å². The molecule has 0 saturated heterocycles. The summed E-state index contributed by atoms with van der Waals surface area (Å²) in [5, 5.41) is 17.7. The molecule has 2 heteroatoms. The Hall–Kier alpha value is -0.550. The molecule has 0 amide bonds. The number of hydrogen-bond acceptors (Lipinski definition) is 2. The maximum atomic E-state index is 9.25. The zero-order valence-corrected chi connectivity index (χ0v) is 6.18. The third kappa shape index (κ3) is 2.48. The first-order valence-corrected chi connectivity index (χ1v) is 3.14. The van der Waals surface area contributed by atoms with Gasteiger partial charge in [0.1, 0.15) is 0 Å². The molecular weight excluding hydrogens is 114 g/mol. The molecule has 0 aromatic rings. The largest absolute Gasteiger partial charge is 0.389 e. The molecule has 0 aromatic carbocycles. The van der Waals surface area contributed by atoms with Gasteiger partial charge in [-0.05, 0) is 20.3 Å². The highest BCUT2D eigenvalue weighted by atomic mass is 16.3. The van der Waals surface area contributed by atoms with Crippen LogP contribution >= 0.6 is 0 Å². The number of nitrogens with zero attached hydrogens (tertiary/aromatic N) is 1. The molecule has 0 rings (SSSR count). The summed E-state index contributed by atoms with van der Waals surface area (Å²) < 4.78 is 0. The van der Waals surface area contributed by atoms with Crippen LogP contribution in [-0.2, 0) is 0 Å². The predicted molar refractivity (Wildman–Crippen MR) is 35.7 cm³/mol. The molecule has 0 aliphatic rings. The minimum absolute atomic E-state index is 0.238. The van der Waals surface area contributed by atoms with E-state index in [1.807, 2.05) is 13.0 Å². The van der Waals surface area contributed by atoms with E-state index in [4.69, 9.17) is 5.26 Å². The van der Waals surface area contributed by atoms with Crippen molar-refractivity contribution in [3.63, 3.8) is 0 Å². The zero-order chi connectivity index (χ0) is 7.49. The number of nitriles is 1. The molecular formula is C7H13NO. The van der Waals surface area contributed by atoms with Crippen molar-refractivity contribution in [2.24, 2.45) is 5.92 Å². The van der Waals surface area contributed by atoms with Crippen molar-refractivity contribution in [2.75, 3.05) is 0 Å². The molecule has 9 heavy (non-hydrogen) atoms. The van der Waals surface area contributed by atoms with E-state index in [9.17, 15) is 5.11 Å². The fourth-order valence-corrected chi connectivity index (χ4v) is 0.749. The molecule has 0 heterocycles. The summed E-state index contributed by atoms with van der Waals surface area (Å²) in [5.41, 5.74) is -0.844. The highest BCUT2D eigenvalue weighted by Crippen LogP contribution is 2.17. The maximum absolute atomic E-state index is 9.25. The van der Waals surface area contributed by atoms with Crippen molar-refractivity contribution in [3.05, 3.63) is 0 Å². The first-order chi connectivity index (χ1) is 4.02. The average molecular weight is 127 g/mol. The van der Waals surface area contributed by atoms with Crippen LogP contribution in [0.5, 0.6) is 0 Å². The van der Waals surface area contributed by atoms with Crippen molar-refractivity contribution < 1.29 is 5.11 Å². The molecule has 0 spiro atoms. The van der Waals surface area contributed by atoms with Gasteiger partial charge < -0.3 is 5.11 Å². The molecule has 0 saturated carbocycles. The smallest absolute Gasteiger partial charge is 0.0749 e.